The summed E-state index contributed by atoms with van der Waals surface area (Å²) in [5.41, 5.74) is 2.19. The normalized spacial score (nSPS) is 11.5. The first-order valence-electron chi connectivity index (χ1n) is 5.13. The number of rotatable bonds is 2. The molecule has 3 heteroatoms. The summed E-state index contributed by atoms with van der Waals surface area (Å²) in [5, 5.41) is 10.8. The van der Waals surface area contributed by atoms with Crippen molar-refractivity contribution in [2.24, 2.45) is 0 Å². The Morgan fingerprint density at radius 3 is 2.27 bits per heavy atom. The molecule has 1 aromatic rings. The van der Waals surface area contributed by atoms with Gasteiger partial charge in [0, 0.05) is 12.1 Å². The van der Waals surface area contributed by atoms with E-state index in [1.165, 1.54) is 0 Å². The average molecular weight is 207 g/mol. The van der Waals surface area contributed by atoms with Gasteiger partial charge in [-0.15, -0.1) is 0 Å². The van der Waals surface area contributed by atoms with Crippen LogP contribution < -0.4 is 0 Å². The monoisotopic (exact) mass is 207 g/mol. The quantitative estimate of drug-likeness (QED) is 0.550. The summed E-state index contributed by atoms with van der Waals surface area (Å²) in [6.07, 6.45) is 0.824. The molecule has 0 aliphatic heterocycles. The van der Waals surface area contributed by atoms with Crippen molar-refractivity contribution in [2.45, 2.75) is 39.5 Å². The fourth-order valence-corrected chi connectivity index (χ4v) is 1.42. The standard InChI is InChI=1S/C12H17NO2/c1-5-9-6-10(12(2,3)4)8-11(7-9)13(14)15/h6-8H,5H2,1-4H3. The number of nitro groups is 1. The van der Waals surface area contributed by atoms with Crippen molar-refractivity contribution in [3.8, 4) is 0 Å². The fourth-order valence-electron chi connectivity index (χ4n) is 1.42. The summed E-state index contributed by atoms with van der Waals surface area (Å²) in [4.78, 5) is 10.4. The van der Waals surface area contributed by atoms with Gasteiger partial charge in [-0.05, 0) is 23.0 Å². The lowest BCUT2D eigenvalue weighted by Gasteiger charge is -2.19. The predicted molar refractivity (Wildman–Crippen MR) is 61.2 cm³/mol. The van der Waals surface area contributed by atoms with Gasteiger partial charge in [-0.2, -0.15) is 0 Å². The Bertz CT molecular complexity index is 378. The number of nitro benzene ring substituents is 1. The van der Waals surface area contributed by atoms with Crippen molar-refractivity contribution >= 4 is 5.69 Å². The number of aryl methyl sites for hydroxylation is 1. The van der Waals surface area contributed by atoms with Gasteiger partial charge in [-0.1, -0.05) is 33.8 Å². The smallest absolute Gasteiger partial charge is 0.258 e. The van der Waals surface area contributed by atoms with Gasteiger partial charge in [0.2, 0.25) is 0 Å². The number of benzene rings is 1. The summed E-state index contributed by atoms with van der Waals surface area (Å²) in [7, 11) is 0. The fraction of sp³-hybridized carbons (Fsp3) is 0.500. The maximum atomic E-state index is 10.8. The molecule has 0 heterocycles. The molecule has 0 atom stereocenters. The van der Waals surface area contributed by atoms with Crippen LogP contribution in [-0.2, 0) is 11.8 Å². The van der Waals surface area contributed by atoms with Crippen LogP contribution in [0.15, 0.2) is 18.2 Å². The summed E-state index contributed by atoms with van der Waals surface area (Å²) in [6.45, 7) is 8.19. The molecule has 0 aliphatic carbocycles. The lowest BCUT2D eigenvalue weighted by Crippen LogP contribution is -2.12. The van der Waals surface area contributed by atoms with Gasteiger partial charge in [0.25, 0.3) is 5.69 Å². The van der Waals surface area contributed by atoms with Gasteiger partial charge in [-0.3, -0.25) is 10.1 Å². The Morgan fingerprint density at radius 2 is 1.87 bits per heavy atom. The predicted octanol–water partition coefficient (Wildman–Crippen LogP) is 3.45. The van der Waals surface area contributed by atoms with Gasteiger partial charge in [0.05, 0.1) is 4.92 Å². The van der Waals surface area contributed by atoms with Gasteiger partial charge >= 0.3 is 0 Å². The Hall–Kier alpha value is -1.38. The van der Waals surface area contributed by atoms with E-state index in [-0.39, 0.29) is 16.0 Å². The van der Waals surface area contributed by atoms with Gasteiger partial charge in [0.1, 0.15) is 0 Å². The molecule has 0 radical (unpaired) electrons. The molecule has 1 rings (SSSR count). The Labute approximate surface area is 90.3 Å². The van der Waals surface area contributed by atoms with Crippen LogP contribution in [0.25, 0.3) is 0 Å². The first-order valence-corrected chi connectivity index (χ1v) is 5.13. The van der Waals surface area contributed by atoms with Crippen molar-refractivity contribution in [3.05, 3.63) is 39.4 Å². The number of nitrogens with zero attached hydrogens (tertiary/aromatic N) is 1. The molecule has 0 N–H and O–H groups in total. The van der Waals surface area contributed by atoms with E-state index < -0.39 is 0 Å². The molecule has 0 saturated carbocycles. The van der Waals surface area contributed by atoms with Gasteiger partial charge in [-0.25, -0.2) is 0 Å². The molecule has 82 valence electrons. The van der Waals surface area contributed by atoms with Crippen LogP contribution in [0.4, 0.5) is 5.69 Å². The maximum absolute atomic E-state index is 10.8. The highest BCUT2D eigenvalue weighted by Crippen LogP contribution is 2.27. The molecular formula is C12H17NO2. The molecular weight excluding hydrogens is 190 g/mol. The topological polar surface area (TPSA) is 43.1 Å². The van der Waals surface area contributed by atoms with Crippen LogP contribution in [0.1, 0.15) is 38.8 Å². The van der Waals surface area contributed by atoms with Crippen molar-refractivity contribution < 1.29 is 4.92 Å². The van der Waals surface area contributed by atoms with Crippen LogP contribution in [0.3, 0.4) is 0 Å². The second-order valence-corrected chi connectivity index (χ2v) is 4.75. The third-order valence-electron chi connectivity index (χ3n) is 2.46. The molecule has 0 fully saturated rings. The lowest BCUT2D eigenvalue weighted by atomic mass is 9.85. The molecule has 0 aliphatic rings. The van der Waals surface area contributed by atoms with Gasteiger partial charge in [0.15, 0.2) is 0 Å². The summed E-state index contributed by atoms with van der Waals surface area (Å²) < 4.78 is 0. The Balaban J connectivity index is 3.30. The van der Waals surface area contributed by atoms with Crippen molar-refractivity contribution in [2.75, 3.05) is 0 Å². The van der Waals surface area contributed by atoms with E-state index in [9.17, 15) is 10.1 Å². The average Bonchev–Trinajstić information content (AvgIpc) is 2.15. The van der Waals surface area contributed by atoms with Crippen LogP contribution in [0.5, 0.6) is 0 Å². The van der Waals surface area contributed by atoms with E-state index in [2.05, 4.69) is 20.8 Å². The summed E-state index contributed by atoms with van der Waals surface area (Å²) >= 11 is 0. The Morgan fingerprint density at radius 1 is 1.27 bits per heavy atom. The highest BCUT2D eigenvalue weighted by atomic mass is 16.6. The molecule has 1 aromatic carbocycles. The zero-order valence-corrected chi connectivity index (χ0v) is 9.70. The molecule has 0 spiro atoms. The molecule has 0 unspecified atom stereocenters. The zero-order valence-electron chi connectivity index (χ0n) is 9.70. The summed E-state index contributed by atoms with van der Waals surface area (Å²) in [6, 6.07) is 5.36. The zero-order chi connectivity index (χ0) is 11.6. The highest BCUT2D eigenvalue weighted by molar-refractivity contribution is 5.41. The van der Waals surface area contributed by atoms with Gasteiger partial charge < -0.3 is 0 Å². The van der Waals surface area contributed by atoms with E-state index in [1.54, 1.807) is 12.1 Å². The van der Waals surface area contributed by atoms with Crippen molar-refractivity contribution in [1.82, 2.24) is 0 Å². The number of hydrogen-bond acceptors (Lipinski definition) is 2. The van der Waals surface area contributed by atoms with E-state index in [4.69, 9.17) is 0 Å². The van der Waals surface area contributed by atoms with Crippen LogP contribution in [0.2, 0.25) is 0 Å². The second-order valence-electron chi connectivity index (χ2n) is 4.75. The van der Waals surface area contributed by atoms with E-state index in [1.807, 2.05) is 13.0 Å². The SMILES string of the molecule is CCc1cc([N+](=O)[O-])cc(C(C)(C)C)c1. The first kappa shape index (κ1) is 11.7. The molecule has 3 nitrogen and oxygen atoms in total. The number of non-ortho nitro benzene ring substituents is 1. The third kappa shape index (κ3) is 2.78. The largest absolute Gasteiger partial charge is 0.269 e. The Kier molecular flexibility index (Phi) is 3.12. The maximum Gasteiger partial charge on any atom is 0.269 e. The van der Waals surface area contributed by atoms with Crippen LogP contribution in [-0.4, -0.2) is 4.92 Å². The van der Waals surface area contributed by atoms with Crippen LogP contribution >= 0.6 is 0 Å². The van der Waals surface area contributed by atoms with Crippen molar-refractivity contribution in [3.63, 3.8) is 0 Å². The first-order chi connectivity index (χ1) is 6.84. The molecule has 0 saturated heterocycles. The second kappa shape index (κ2) is 4.01. The molecule has 0 aromatic heterocycles. The number of hydrogen-bond donors (Lipinski definition) is 0. The highest BCUT2D eigenvalue weighted by Gasteiger charge is 2.18. The molecule has 0 bridgehead atoms. The van der Waals surface area contributed by atoms with E-state index in [0.717, 1.165) is 17.5 Å². The lowest BCUT2D eigenvalue weighted by molar-refractivity contribution is -0.385. The van der Waals surface area contributed by atoms with E-state index in [0.29, 0.717) is 0 Å². The summed E-state index contributed by atoms with van der Waals surface area (Å²) in [5.74, 6) is 0. The van der Waals surface area contributed by atoms with Crippen molar-refractivity contribution in [1.29, 1.82) is 0 Å². The minimum absolute atomic E-state index is 0.0457. The third-order valence-corrected chi connectivity index (χ3v) is 2.46. The minimum atomic E-state index is -0.325. The van der Waals surface area contributed by atoms with Crippen LogP contribution in [0, 0.1) is 10.1 Å². The van der Waals surface area contributed by atoms with E-state index >= 15 is 0 Å². The molecule has 0 amide bonds. The molecule has 15 heavy (non-hydrogen) atoms. The minimum Gasteiger partial charge on any atom is -0.258 e.